The van der Waals surface area contributed by atoms with Crippen LogP contribution in [0.3, 0.4) is 0 Å². The first-order chi connectivity index (χ1) is 7.08. The number of hydrogen-bond donors (Lipinski definition) is 2. The van der Waals surface area contributed by atoms with E-state index in [4.69, 9.17) is 5.73 Å². The van der Waals surface area contributed by atoms with Crippen molar-refractivity contribution in [1.82, 2.24) is 9.88 Å². The lowest BCUT2D eigenvalue weighted by Crippen LogP contribution is -2.32. The van der Waals surface area contributed by atoms with Gasteiger partial charge in [-0.3, -0.25) is 0 Å². The molecule has 0 atom stereocenters. The lowest BCUT2D eigenvalue weighted by atomic mass is 10.3. The third-order valence-corrected chi connectivity index (χ3v) is 1.90. The molecule has 4 nitrogen and oxygen atoms in total. The summed E-state index contributed by atoms with van der Waals surface area (Å²) in [5.41, 5.74) is 7.85. The zero-order valence-corrected chi connectivity index (χ0v) is 9.33. The zero-order valence-electron chi connectivity index (χ0n) is 9.33. The maximum atomic E-state index is 5.67. The van der Waals surface area contributed by atoms with Gasteiger partial charge < -0.3 is 15.6 Å². The molecule has 0 unspecified atom stereocenters. The number of nitrogens with two attached hydrogens (primary N) is 1. The van der Waals surface area contributed by atoms with E-state index in [1.807, 2.05) is 37.0 Å². The predicted octanol–water partition coefficient (Wildman–Crippen LogP) is 1.01. The number of rotatable bonds is 4. The van der Waals surface area contributed by atoms with E-state index in [2.05, 4.69) is 16.9 Å². The summed E-state index contributed by atoms with van der Waals surface area (Å²) in [6, 6.07) is 2.02. The molecule has 0 saturated heterocycles. The molecule has 0 bridgehead atoms. The van der Waals surface area contributed by atoms with Gasteiger partial charge in [0.2, 0.25) is 0 Å². The molecule has 0 aliphatic heterocycles. The fourth-order valence-electron chi connectivity index (χ4n) is 1.13. The van der Waals surface area contributed by atoms with Crippen LogP contribution in [0.1, 0.15) is 12.5 Å². The lowest BCUT2D eigenvalue weighted by Gasteiger charge is -2.03. The van der Waals surface area contributed by atoms with Gasteiger partial charge in [0, 0.05) is 26.0 Å². The summed E-state index contributed by atoms with van der Waals surface area (Å²) in [6.45, 7) is 6.99. The molecule has 0 saturated carbocycles. The number of nitrogens with zero attached hydrogens (tertiary/aromatic N) is 2. The van der Waals surface area contributed by atoms with Gasteiger partial charge in [0.15, 0.2) is 5.96 Å². The van der Waals surface area contributed by atoms with Crippen molar-refractivity contribution in [3.8, 4) is 0 Å². The van der Waals surface area contributed by atoms with Gasteiger partial charge >= 0.3 is 0 Å². The second-order valence-corrected chi connectivity index (χ2v) is 3.70. The van der Waals surface area contributed by atoms with Crippen LogP contribution in [0.25, 0.3) is 0 Å². The number of guanidine groups is 1. The molecule has 0 amide bonds. The maximum Gasteiger partial charge on any atom is 0.189 e. The first-order valence-corrected chi connectivity index (χ1v) is 4.87. The molecule has 82 valence electrons. The van der Waals surface area contributed by atoms with E-state index < -0.39 is 0 Å². The Morgan fingerprint density at radius 2 is 2.40 bits per heavy atom. The summed E-state index contributed by atoms with van der Waals surface area (Å²) in [5.74, 6) is 0.460. The normalized spacial score (nSPS) is 11.5. The minimum Gasteiger partial charge on any atom is -0.370 e. The van der Waals surface area contributed by atoms with Gasteiger partial charge in [-0.15, -0.1) is 0 Å². The maximum absolute atomic E-state index is 5.67. The number of aromatic nitrogens is 1. The predicted molar refractivity (Wildman–Crippen MR) is 63.6 cm³/mol. The van der Waals surface area contributed by atoms with Gasteiger partial charge in [-0.05, 0) is 18.6 Å². The van der Waals surface area contributed by atoms with E-state index >= 15 is 0 Å². The van der Waals surface area contributed by atoms with Gasteiger partial charge in [0.25, 0.3) is 0 Å². The second-order valence-electron chi connectivity index (χ2n) is 3.70. The average molecular weight is 206 g/mol. The van der Waals surface area contributed by atoms with Crippen molar-refractivity contribution in [3.63, 3.8) is 0 Å². The molecule has 1 aromatic heterocycles. The highest BCUT2D eigenvalue weighted by Crippen LogP contribution is 2.00. The Labute approximate surface area is 90.5 Å². The Hall–Kier alpha value is -1.71. The van der Waals surface area contributed by atoms with E-state index in [1.165, 1.54) is 0 Å². The number of hydrogen-bond acceptors (Lipinski definition) is 1. The molecule has 1 rings (SSSR count). The van der Waals surface area contributed by atoms with Crippen molar-refractivity contribution in [1.29, 1.82) is 0 Å². The van der Waals surface area contributed by atoms with Crippen molar-refractivity contribution in [2.75, 3.05) is 6.54 Å². The van der Waals surface area contributed by atoms with Crippen LogP contribution in [0.15, 0.2) is 35.6 Å². The Kier molecular flexibility index (Phi) is 3.97. The SMILES string of the molecule is C=C(C)CNC(N)=NCc1ccn(C)c1. The van der Waals surface area contributed by atoms with E-state index in [9.17, 15) is 0 Å². The Balaban J connectivity index is 2.40. The van der Waals surface area contributed by atoms with E-state index in [0.717, 1.165) is 11.1 Å². The molecule has 0 spiro atoms. The summed E-state index contributed by atoms with van der Waals surface area (Å²) >= 11 is 0. The average Bonchev–Trinajstić information content (AvgIpc) is 2.58. The minimum absolute atomic E-state index is 0.460. The van der Waals surface area contributed by atoms with Crippen molar-refractivity contribution in [2.45, 2.75) is 13.5 Å². The fourth-order valence-corrected chi connectivity index (χ4v) is 1.13. The van der Waals surface area contributed by atoms with Crippen LogP contribution in [0.5, 0.6) is 0 Å². The van der Waals surface area contributed by atoms with Crippen molar-refractivity contribution >= 4 is 5.96 Å². The molecular weight excluding hydrogens is 188 g/mol. The van der Waals surface area contributed by atoms with Gasteiger partial charge in [-0.25, -0.2) is 4.99 Å². The Morgan fingerprint density at radius 3 is 2.93 bits per heavy atom. The molecule has 0 aliphatic rings. The highest BCUT2D eigenvalue weighted by molar-refractivity contribution is 5.78. The third kappa shape index (κ3) is 4.35. The second kappa shape index (κ2) is 5.24. The first kappa shape index (κ1) is 11.4. The molecule has 1 heterocycles. The summed E-state index contributed by atoms with van der Waals surface area (Å²) in [4.78, 5) is 4.21. The highest BCUT2D eigenvalue weighted by atomic mass is 15.1. The largest absolute Gasteiger partial charge is 0.370 e. The molecule has 0 radical (unpaired) electrons. The molecule has 0 fully saturated rings. The number of aliphatic imine (C=N–C) groups is 1. The Bertz CT molecular complexity index is 362. The molecular formula is C11H18N4. The van der Waals surface area contributed by atoms with Gasteiger partial charge in [-0.2, -0.15) is 0 Å². The molecule has 4 heteroatoms. The van der Waals surface area contributed by atoms with Crippen LogP contribution in [0.2, 0.25) is 0 Å². The minimum atomic E-state index is 0.460. The van der Waals surface area contributed by atoms with Crippen molar-refractivity contribution in [3.05, 3.63) is 36.2 Å². The molecule has 0 aliphatic carbocycles. The van der Waals surface area contributed by atoms with Crippen LogP contribution in [-0.2, 0) is 13.6 Å². The molecule has 1 aromatic rings. The molecule has 3 N–H and O–H groups in total. The van der Waals surface area contributed by atoms with Gasteiger partial charge in [0.1, 0.15) is 0 Å². The quantitative estimate of drug-likeness (QED) is 0.439. The summed E-state index contributed by atoms with van der Waals surface area (Å²) in [7, 11) is 1.98. The number of nitrogens with one attached hydrogen (secondary N) is 1. The smallest absolute Gasteiger partial charge is 0.189 e. The van der Waals surface area contributed by atoms with Crippen molar-refractivity contribution in [2.24, 2.45) is 17.8 Å². The van der Waals surface area contributed by atoms with E-state index in [1.54, 1.807) is 0 Å². The van der Waals surface area contributed by atoms with E-state index in [-0.39, 0.29) is 0 Å². The van der Waals surface area contributed by atoms with E-state index in [0.29, 0.717) is 19.0 Å². The third-order valence-electron chi connectivity index (χ3n) is 1.90. The van der Waals surface area contributed by atoms with Gasteiger partial charge in [-0.1, -0.05) is 12.2 Å². The lowest BCUT2D eigenvalue weighted by molar-refractivity contribution is 0.909. The van der Waals surface area contributed by atoms with Crippen LogP contribution in [0, 0.1) is 0 Å². The fraction of sp³-hybridized carbons (Fsp3) is 0.364. The van der Waals surface area contributed by atoms with Crippen LogP contribution in [-0.4, -0.2) is 17.1 Å². The molecule has 15 heavy (non-hydrogen) atoms. The summed E-state index contributed by atoms with van der Waals surface area (Å²) in [5, 5.41) is 2.98. The molecule has 0 aromatic carbocycles. The zero-order chi connectivity index (χ0) is 11.3. The Morgan fingerprint density at radius 1 is 1.67 bits per heavy atom. The van der Waals surface area contributed by atoms with Gasteiger partial charge in [0.05, 0.1) is 6.54 Å². The van der Waals surface area contributed by atoms with Crippen LogP contribution >= 0.6 is 0 Å². The summed E-state index contributed by atoms with van der Waals surface area (Å²) < 4.78 is 1.99. The topological polar surface area (TPSA) is 55.3 Å². The monoisotopic (exact) mass is 206 g/mol. The van der Waals surface area contributed by atoms with Crippen molar-refractivity contribution < 1.29 is 0 Å². The van der Waals surface area contributed by atoms with Crippen LogP contribution in [0.4, 0.5) is 0 Å². The first-order valence-electron chi connectivity index (χ1n) is 4.87. The highest BCUT2D eigenvalue weighted by Gasteiger charge is 1.94. The van der Waals surface area contributed by atoms with Crippen LogP contribution < -0.4 is 11.1 Å². The standard InChI is InChI=1S/C11H18N4/c1-9(2)6-13-11(12)14-7-10-4-5-15(3)8-10/h4-5,8H,1,6-7H2,2-3H3,(H3,12,13,14). The number of aryl methyl sites for hydroxylation is 1. The summed E-state index contributed by atoms with van der Waals surface area (Å²) in [6.07, 6.45) is 4.01.